The summed E-state index contributed by atoms with van der Waals surface area (Å²) in [5.41, 5.74) is 4.19. The number of thioether (sulfide) groups is 1. The monoisotopic (exact) mass is 256 g/mol. The van der Waals surface area contributed by atoms with Crippen LogP contribution in [0.4, 0.5) is 0 Å². The Hall–Kier alpha value is -0.520. The molecule has 0 aliphatic rings. The van der Waals surface area contributed by atoms with Crippen molar-refractivity contribution in [1.29, 1.82) is 0 Å². The molecule has 0 bridgehead atoms. The van der Waals surface area contributed by atoms with Crippen LogP contribution in [0.2, 0.25) is 0 Å². The molecule has 0 saturated heterocycles. The summed E-state index contributed by atoms with van der Waals surface area (Å²) in [7, 11) is 1.95. The number of aromatic nitrogens is 2. The minimum absolute atomic E-state index is 0.384. The number of rotatable bonds is 8. The zero-order valence-corrected chi connectivity index (χ0v) is 11.8. The lowest BCUT2D eigenvalue weighted by atomic mass is 10.1. The molecule has 2 unspecified atom stereocenters. The highest BCUT2D eigenvalue weighted by atomic mass is 32.2. The Kier molecular flexibility index (Phi) is 6.62. The van der Waals surface area contributed by atoms with E-state index < -0.39 is 0 Å². The first-order chi connectivity index (χ1) is 8.15. The molecule has 0 aromatic carbocycles. The Morgan fingerprint density at radius 3 is 2.88 bits per heavy atom. The van der Waals surface area contributed by atoms with Gasteiger partial charge in [-0.25, -0.2) is 0 Å². The Morgan fingerprint density at radius 2 is 2.35 bits per heavy atom. The molecule has 1 aromatic rings. The van der Waals surface area contributed by atoms with Gasteiger partial charge in [0.2, 0.25) is 0 Å². The molecule has 98 valence electrons. The number of aryl methyl sites for hydroxylation is 2. The smallest absolute Gasteiger partial charge is 0.0521 e. The van der Waals surface area contributed by atoms with Gasteiger partial charge in [-0.05, 0) is 24.8 Å². The predicted octanol–water partition coefficient (Wildman–Crippen LogP) is 1.72. The van der Waals surface area contributed by atoms with Gasteiger partial charge in [0.1, 0.15) is 0 Å². The van der Waals surface area contributed by atoms with E-state index in [0.29, 0.717) is 11.3 Å². The SMILES string of the molecule is CCC(C)SCC(CCc1cnn(C)c1)NN. The maximum absolute atomic E-state index is 5.59. The summed E-state index contributed by atoms with van der Waals surface area (Å²) in [4.78, 5) is 0. The van der Waals surface area contributed by atoms with E-state index in [4.69, 9.17) is 5.84 Å². The molecule has 0 fully saturated rings. The van der Waals surface area contributed by atoms with Crippen molar-refractivity contribution in [3.63, 3.8) is 0 Å². The van der Waals surface area contributed by atoms with Crippen LogP contribution in [0.5, 0.6) is 0 Å². The molecule has 0 amide bonds. The minimum atomic E-state index is 0.384. The first-order valence-corrected chi connectivity index (χ1v) is 7.25. The van der Waals surface area contributed by atoms with Gasteiger partial charge in [0.15, 0.2) is 0 Å². The highest BCUT2D eigenvalue weighted by Crippen LogP contribution is 2.16. The predicted molar refractivity (Wildman–Crippen MR) is 74.9 cm³/mol. The van der Waals surface area contributed by atoms with Crippen LogP contribution < -0.4 is 11.3 Å². The van der Waals surface area contributed by atoms with Crippen LogP contribution in [0.1, 0.15) is 32.3 Å². The Labute approximate surface area is 108 Å². The van der Waals surface area contributed by atoms with Crippen LogP contribution in [0.15, 0.2) is 12.4 Å². The molecule has 2 atom stereocenters. The molecule has 0 radical (unpaired) electrons. The van der Waals surface area contributed by atoms with Gasteiger partial charge in [-0.3, -0.25) is 16.0 Å². The van der Waals surface area contributed by atoms with E-state index in [0.717, 1.165) is 18.6 Å². The molecule has 0 aliphatic heterocycles. The third-order valence-electron chi connectivity index (χ3n) is 2.93. The molecule has 1 aromatic heterocycles. The molecule has 17 heavy (non-hydrogen) atoms. The number of hydrogen-bond donors (Lipinski definition) is 2. The van der Waals surface area contributed by atoms with Crippen molar-refractivity contribution in [1.82, 2.24) is 15.2 Å². The molecule has 1 rings (SSSR count). The number of hydrazine groups is 1. The quantitative estimate of drug-likeness (QED) is 0.549. The molecular weight excluding hydrogens is 232 g/mol. The number of nitrogens with zero attached hydrogens (tertiary/aromatic N) is 2. The average Bonchev–Trinajstić information content (AvgIpc) is 2.75. The van der Waals surface area contributed by atoms with E-state index in [-0.39, 0.29) is 0 Å². The lowest BCUT2D eigenvalue weighted by molar-refractivity contribution is 0.538. The molecule has 5 heteroatoms. The van der Waals surface area contributed by atoms with E-state index in [9.17, 15) is 0 Å². The van der Waals surface area contributed by atoms with Crippen LogP contribution in [-0.2, 0) is 13.5 Å². The molecule has 0 spiro atoms. The topological polar surface area (TPSA) is 55.9 Å². The van der Waals surface area contributed by atoms with Gasteiger partial charge in [0.25, 0.3) is 0 Å². The summed E-state index contributed by atoms with van der Waals surface area (Å²) in [6.45, 7) is 4.48. The molecular formula is C12H24N4S. The van der Waals surface area contributed by atoms with Gasteiger partial charge in [0, 0.05) is 30.3 Å². The fraction of sp³-hybridized carbons (Fsp3) is 0.750. The highest BCUT2D eigenvalue weighted by molar-refractivity contribution is 7.99. The summed E-state index contributed by atoms with van der Waals surface area (Å²) in [5, 5.41) is 4.88. The number of nitrogens with one attached hydrogen (secondary N) is 1. The minimum Gasteiger partial charge on any atom is -0.276 e. The van der Waals surface area contributed by atoms with Gasteiger partial charge < -0.3 is 0 Å². The number of nitrogens with two attached hydrogens (primary N) is 1. The Balaban J connectivity index is 2.27. The van der Waals surface area contributed by atoms with Gasteiger partial charge in [-0.15, -0.1) is 0 Å². The Bertz CT molecular complexity index is 313. The van der Waals surface area contributed by atoms with Crippen LogP contribution >= 0.6 is 11.8 Å². The third kappa shape index (κ3) is 5.57. The van der Waals surface area contributed by atoms with Crippen LogP contribution in [0.3, 0.4) is 0 Å². The van der Waals surface area contributed by atoms with Crippen LogP contribution in [0, 0.1) is 0 Å². The molecule has 3 N–H and O–H groups in total. The Morgan fingerprint density at radius 1 is 1.59 bits per heavy atom. The van der Waals surface area contributed by atoms with Crippen molar-refractivity contribution in [2.75, 3.05) is 5.75 Å². The molecule has 1 heterocycles. The van der Waals surface area contributed by atoms with E-state index >= 15 is 0 Å². The molecule has 4 nitrogen and oxygen atoms in total. The van der Waals surface area contributed by atoms with Crippen molar-refractivity contribution < 1.29 is 0 Å². The summed E-state index contributed by atoms with van der Waals surface area (Å²) in [6, 6.07) is 0.384. The van der Waals surface area contributed by atoms with Crippen LogP contribution in [0.25, 0.3) is 0 Å². The maximum Gasteiger partial charge on any atom is 0.0521 e. The van der Waals surface area contributed by atoms with Crippen molar-refractivity contribution in [3.8, 4) is 0 Å². The highest BCUT2D eigenvalue weighted by Gasteiger charge is 2.09. The largest absolute Gasteiger partial charge is 0.276 e. The van der Waals surface area contributed by atoms with Gasteiger partial charge in [0.05, 0.1) is 6.20 Å². The van der Waals surface area contributed by atoms with E-state index in [1.165, 1.54) is 12.0 Å². The fourth-order valence-corrected chi connectivity index (χ4v) is 2.61. The van der Waals surface area contributed by atoms with Gasteiger partial charge >= 0.3 is 0 Å². The normalized spacial score (nSPS) is 14.8. The summed E-state index contributed by atoms with van der Waals surface area (Å²) in [5.74, 6) is 6.66. The van der Waals surface area contributed by atoms with E-state index in [1.807, 2.05) is 29.7 Å². The van der Waals surface area contributed by atoms with Gasteiger partial charge in [-0.2, -0.15) is 16.9 Å². The van der Waals surface area contributed by atoms with Gasteiger partial charge in [-0.1, -0.05) is 13.8 Å². The molecule has 0 aliphatic carbocycles. The summed E-state index contributed by atoms with van der Waals surface area (Å²) < 4.78 is 1.84. The van der Waals surface area contributed by atoms with Crippen molar-refractivity contribution in [3.05, 3.63) is 18.0 Å². The lowest BCUT2D eigenvalue weighted by Gasteiger charge is -2.17. The standard InChI is InChI=1S/C12H24N4S/c1-4-10(2)17-9-12(15-13)6-5-11-7-14-16(3)8-11/h7-8,10,12,15H,4-6,9,13H2,1-3H3. The third-order valence-corrected chi connectivity index (χ3v) is 4.43. The fourth-order valence-electron chi connectivity index (χ4n) is 1.55. The molecule has 0 saturated carbocycles. The second-order valence-electron chi connectivity index (χ2n) is 4.48. The number of hydrogen-bond acceptors (Lipinski definition) is 4. The zero-order valence-electron chi connectivity index (χ0n) is 11.0. The lowest BCUT2D eigenvalue weighted by Crippen LogP contribution is -2.37. The van der Waals surface area contributed by atoms with Crippen LogP contribution in [-0.4, -0.2) is 26.8 Å². The van der Waals surface area contributed by atoms with Crippen molar-refractivity contribution >= 4 is 11.8 Å². The summed E-state index contributed by atoms with van der Waals surface area (Å²) in [6.07, 6.45) is 7.30. The van der Waals surface area contributed by atoms with Crippen molar-refractivity contribution in [2.45, 2.75) is 44.4 Å². The average molecular weight is 256 g/mol. The van der Waals surface area contributed by atoms with E-state index in [1.54, 1.807) is 0 Å². The second-order valence-corrected chi connectivity index (χ2v) is 5.95. The first kappa shape index (κ1) is 14.5. The zero-order chi connectivity index (χ0) is 12.7. The summed E-state index contributed by atoms with van der Waals surface area (Å²) >= 11 is 1.99. The second kappa shape index (κ2) is 7.74. The first-order valence-electron chi connectivity index (χ1n) is 6.21. The maximum atomic E-state index is 5.59. The van der Waals surface area contributed by atoms with E-state index in [2.05, 4.69) is 30.6 Å². The van der Waals surface area contributed by atoms with Crippen molar-refractivity contribution in [2.24, 2.45) is 12.9 Å².